The third-order valence-corrected chi connectivity index (χ3v) is 3.47. The number of halogens is 9. The molecule has 2 fully saturated rings. The summed E-state index contributed by atoms with van der Waals surface area (Å²) in [6, 6.07) is 0. The van der Waals surface area contributed by atoms with E-state index in [1.807, 2.05) is 6.58 Å². The van der Waals surface area contributed by atoms with Crippen molar-refractivity contribution in [3.8, 4) is 0 Å². The number of rotatable bonds is 8. The van der Waals surface area contributed by atoms with Gasteiger partial charge in [0.05, 0.1) is 25.6 Å². The number of carbonyl (C=O) groups is 2. The van der Waals surface area contributed by atoms with Crippen molar-refractivity contribution in [1.82, 2.24) is 0 Å². The molecule has 17 heteroatoms. The molecule has 2 aliphatic rings. The van der Waals surface area contributed by atoms with Gasteiger partial charge in [-0.05, 0) is 13.8 Å². The topological polar surface area (TPSA) is 89.5 Å². The average molecular weight is 566 g/mol. The number of carbonyl (C=O) groups excluding carboxylic acids is 2. The predicted octanol–water partition coefficient (Wildman–Crippen LogP) is 5.91. The van der Waals surface area contributed by atoms with E-state index in [-0.39, 0.29) is 32.6 Å². The van der Waals surface area contributed by atoms with E-state index < -0.39 is 55.3 Å². The smallest absolute Gasteiger partial charge is 0.498 e. The first kappa shape index (κ1) is 36.3. The van der Waals surface area contributed by atoms with E-state index in [4.69, 9.17) is 9.47 Å². The summed E-state index contributed by atoms with van der Waals surface area (Å²) in [5.74, 6) is -2.26. The molecule has 0 saturated carbocycles. The molecule has 2 rings (SSSR count). The third kappa shape index (κ3) is 20.0. The van der Waals surface area contributed by atoms with Crippen molar-refractivity contribution < 1.29 is 77.5 Å². The second-order valence-electron chi connectivity index (χ2n) is 6.66. The second-order valence-corrected chi connectivity index (χ2v) is 6.66. The highest BCUT2D eigenvalue weighted by atomic mass is 19.4. The highest BCUT2D eigenvalue weighted by Gasteiger charge is 2.41. The Bertz CT molecular complexity index is 686. The molecule has 0 N–H and O–H groups in total. The fourth-order valence-electron chi connectivity index (χ4n) is 1.83. The Kier molecular flexibility index (Phi) is 18.1. The molecule has 8 nitrogen and oxygen atoms in total. The van der Waals surface area contributed by atoms with Crippen LogP contribution in [0.3, 0.4) is 0 Å². The average Bonchev–Trinajstić information content (AvgIpc) is 3.38. The zero-order valence-corrected chi connectivity index (χ0v) is 19.7. The van der Waals surface area contributed by atoms with Crippen LogP contribution >= 0.6 is 0 Å². The largest absolute Gasteiger partial charge is 0.508 e. The zero-order valence-electron chi connectivity index (χ0n) is 19.7. The molecule has 4 unspecified atom stereocenters. The minimum atomic E-state index is -4.87. The van der Waals surface area contributed by atoms with E-state index in [0.717, 1.165) is 0 Å². The minimum absolute atomic E-state index is 0.0100. The van der Waals surface area contributed by atoms with Crippen molar-refractivity contribution in [3.63, 3.8) is 0 Å². The molecule has 0 amide bonds. The standard InChI is InChI=1S/C9H12F4O4.C6H8O4.C3H2F4.C2H5F/c1-5(2-7(10)9(11,12)13)15-3-6-4-16-8(14)17-6;1-2-8-3-5-4-9-6(7)10-5;1-2(4)3(5,6)7;1-2-3/h5-7H,2-4H2,1H3;2,5H,1,3-4H2;1H2;2H2,1H3. The van der Waals surface area contributed by atoms with Crippen molar-refractivity contribution in [3.05, 3.63) is 25.2 Å². The van der Waals surface area contributed by atoms with E-state index in [9.17, 15) is 49.1 Å². The van der Waals surface area contributed by atoms with Gasteiger partial charge in [0.15, 0.2) is 24.2 Å². The summed E-state index contributed by atoms with van der Waals surface area (Å²) in [4.78, 5) is 20.8. The Balaban J connectivity index is 0. The SMILES string of the molecule is C=C(F)C(F)(F)F.C=COCC1COC(=O)O1.CC(CC(F)C(F)(F)F)OCC1COC(=O)O1.CCF. The Hall–Kier alpha value is -2.85. The Morgan fingerprint density at radius 2 is 1.46 bits per heavy atom. The molecule has 4 atom stereocenters. The van der Waals surface area contributed by atoms with Crippen molar-refractivity contribution in [2.24, 2.45) is 0 Å². The van der Waals surface area contributed by atoms with Crippen LogP contribution in [0.1, 0.15) is 20.3 Å². The molecular formula is C20H27F9O8. The lowest BCUT2D eigenvalue weighted by molar-refractivity contribution is -0.189. The van der Waals surface area contributed by atoms with Gasteiger partial charge in [0, 0.05) is 6.42 Å². The van der Waals surface area contributed by atoms with Gasteiger partial charge in [-0.15, -0.1) is 0 Å². The number of alkyl halides is 8. The summed E-state index contributed by atoms with van der Waals surface area (Å²) in [5.41, 5.74) is 0. The van der Waals surface area contributed by atoms with Gasteiger partial charge in [-0.1, -0.05) is 13.2 Å². The first-order valence-electron chi connectivity index (χ1n) is 10.2. The first-order valence-corrected chi connectivity index (χ1v) is 10.2. The predicted molar refractivity (Wildman–Crippen MR) is 108 cm³/mol. The summed E-state index contributed by atoms with van der Waals surface area (Å²) in [6.07, 6.45) is -15.5. The summed E-state index contributed by atoms with van der Waals surface area (Å²) in [7, 11) is 0. The van der Waals surface area contributed by atoms with Crippen molar-refractivity contribution in [2.45, 2.75) is 57.1 Å². The molecule has 0 bridgehead atoms. The third-order valence-electron chi connectivity index (χ3n) is 3.47. The van der Waals surface area contributed by atoms with Gasteiger partial charge in [-0.3, -0.25) is 4.39 Å². The number of ether oxygens (including phenoxy) is 6. The van der Waals surface area contributed by atoms with Crippen LogP contribution in [0.4, 0.5) is 49.1 Å². The van der Waals surface area contributed by atoms with Gasteiger partial charge in [-0.25, -0.2) is 18.4 Å². The van der Waals surface area contributed by atoms with Gasteiger partial charge in [0.1, 0.15) is 19.8 Å². The first-order chi connectivity index (χ1) is 17.0. The van der Waals surface area contributed by atoms with Crippen LogP contribution in [0.5, 0.6) is 0 Å². The monoisotopic (exact) mass is 566 g/mol. The summed E-state index contributed by atoms with van der Waals surface area (Å²) in [5, 5.41) is 0. The molecule has 2 saturated heterocycles. The highest BCUT2D eigenvalue weighted by Crippen LogP contribution is 2.27. The lowest BCUT2D eigenvalue weighted by Gasteiger charge is -2.18. The molecule has 0 spiro atoms. The van der Waals surface area contributed by atoms with Crippen molar-refractivity contribution >= 4 is 12.3 Å². The van der Waals surface area contributed by atoms with Crippen LogP contribution < -0.4 is 0 Å². The normalized spacial score (nSPS) is 20.0. The van der Waals surface area contributed by atoms with Crippen molar-refractivity contribution in [1.29, 1.82) is 0 Å². The summed E-state index contributed by atoms with van der Waals surface area (Å²) in [6.45, 7) is 8.36. The number of hydrogen-bond donors (Lipinski definition) is 0. The number of allylic oxidation sites excluding steroid dienone is 1. The van der Waals surface area contributed by atoms with Crippen molar-refractivity contribution in [2.75, 3.05) is 33.1 Å². The maximum Gasteiger partial charge on any atom is 0.508 e. The quantitative estimate of drug-likeness (QED) is 0.204. The van der Waals surface area contributed by atoms with E-state index >= 15 is 0 Å². The Morgan fingerprint density at radius 3 is 1.76 bits per heavy atom. The number of cyclic esters (lactones) is 4. The molecule has 2 heterocycles. The molecule has 37 heavy (non-hydrogen) atoms. The fourth-order valence-corrected chi connectivity index (χ4v) is 1.83. The molecule has 2 aliphatic heterocycles. The molecule has 0 aromatic rings. The van der Waals surface area contributed by atoms with E-state index in [0.29, 0.717) is 6.61 Å². The van der Waals surface area contributed by atoms with E-state index in [2.05, 4.69) is 25.5 Å². The lowest BCUT2D eigenvalue weighted by Crippen LogP contribution is -2.30. The number of hydrogen-bond acceptors (Lipinski definition) is 8. The van der Waals surface area contributed by atoms with Gasteiger partial charge in [-0.2, -0.15) is 26.3 Å². The van der Waals surface area contributed by atoms with Gasteiger partial charge >= 0.3 is 24.7 Å². The molecule has 0 aromatic heterocycles. The van der Waals surface area contributed by atoms with Crippen LogP contribution in [0, 0.1) is 0 Å². The zero-order chi connectivity index (χ0) is 29.2. The van der Waals surface area contributed by atoms with E-state index in [1.54, 1.807) is 0 Å². The van der Waals surface area contributed by atoms with Gasteiger partial charge in [0.2, 0.25) is 0 Å². The maximum atomic E-state index is 12.6. The van der Waals surface area contributed by atoms with Gasteiger partial charge < -0.3 is 28.4 Å². The Labute approximate surface area is 206 Å². The second kappa shape index (κ2) is 18.4. The van der Waals surface area contributed by atoms with Crippen LogP contribution in [-0.4, -0.2) is 82.2 Å². The van der Waals surface area contributed by atoms with E-state index in [1.165, 1.54) is 20.1 Å². The minimum Gasteiger partial charge on any atom is -0.498 e. The molecule has 218 valence electrons. The van der Waals surface area contributed by atoms with Crippen LogP contribution in [0.15, 0.2) is 25.2 Å². The highest BCUT2D eigenvalue weighted by molar-refractivity contribution is 5.62. The summed E-state index contributed by atoms with van der Waals surface area (Å²) < 4.78 is 129. The Morgan fingerprint density at radius 1 is 1.05 bits per heavy atom. The fraction of sp³-hybridized carbons (Fsp3) is 0.700. The summed E-state index contributed by atoms with van der Waals surface area (Å²) >= 11 is 0. The molecule has 0 radical (unpaired) electrons. The lowest BCUT2D eigenvalue weighted by atomic mass is 10.2. The molecule has 0 aliphatic carbocycles. The molecule has 0 aromatic carbocycles. The van der Waals surface area contributed by atoms with Crippen LogP contribution in [0.2, 0.25) is 0 Å². The van der Waals surface area contributed by atoms with Gasteiger partial charge in [0.25, 0.3) is 0 Å². The van der Waals surface area contributed by atoms with Crippen LogP contribution in [0.25, 0.3) is 0 Å². The van der Waals surface area contributed by atoms with Crippen LogP contribution in [-0.2, 0) is 28.4 Å². The maximum absolute atomic E-state index is 12.6. The molecular weight excluding hydrogens is 539 g/mol.